The Labute approximate surface area is 107 Å². The van der Waals surface area contributed by atoms with Crippen LogP contribution < -0.4 is 4.74 Å². The number of aromatic hydroxyl groups is 1. The fourth-order valence-corrected chi connectivity index (χ4v) is 1.48. The van der Waals surface area contributed by atoms with Gasteiger partial charge in [-0.25, -0.2) is 0 Å². The first-order valence-electron chi connectivity index (χ1n) is 5.60. The molecule has 0 aliphatic carbocycles. The molecule has 1 aromatic rings. The quantitative estimate of drug-likeness (QED) is 0.835. The zero-order valence-corrected chi connectivity index (χ0v) is 11.1. The lowest BCUT2D eigenvalue weighted by atomic mass is 10.0. The van der Waals surface area contributed by atoms with E-state index in [1.54, 1.807) is 44.0 Å². The predicted octanol–water partition coefficient (Wildman–Crippen LogP) is 1.70. The molecule has 0 saturated carbocycles. The van der Waals surface area contributed by atoms with Crippen molar-refractivity contribution in [3.8, 4) is 11.5 Å². The molecule has 0 saturated heterocycles. The van der Waals surface area contributed by atoms with Gasteiger partial charge < -0.3 is 14.9 Å². The average molecular weight is 253 g/mol. The second kappa shape index (κ2) is 5.27. The van der Waals surface area contributed by atoms with Crippen LogP contribution in [0.4, 0.5) is 0 Å². The van der Waals surface area contributed by atoms with Crippen LogP contribution in [0.25, 0.3) is 0 Å². The molecule has 5 heteroatoms. The number of hydrogen-bond donors (Lipinski definition) is 2. The van der Waals surface area contributed by atoms with Gasteiger partial charge in [0.15, 0.2) is 11.5 Å². The van der Waals surface area contributed by atoms with Gasteiger partial charge in [0.05, 0.1) is 7.11 Å². The first-order valence-corrected chi connectivity index (χ1v) is 5.60. The number of phenols is 1. The highest BCUT2D eigenvalue weighted by atomic mass is 16.5. The molecule has 0 fully saturated rings. The van der Waals surface area contributed by atoms with Crippen LogP contribution >= 0.6 is 0 Å². The molecular formula is C13H19NO4. The highest BCUT2D eigenvalue weighted by molar-refractivity contribution is 5.77. The zero-order chi connectivity index (χ0) is 13.9. The molecule has 0 atom stereocenters. The van der Waals surface area contributed by atoms with Crippen molar-refractivity contribution in [3.05, 3.63) is 23.8 Å². The van der Waals surface area contributed by atoms with E-state index in [-0.39, 0.29) is 5.75 Å². The SMILES string of the molecule is COc1cccc(CN(C)C(C)(C)C(=O)O)c1O. The maximum atomic E-state index is 11.1. The number of likely N-dealkylation sites (N-methyl/N-ethyl adjacent to an activating group) is 1. The smallest absolute Gasteiger partial charge is 0.323 e. The van der Waals surface area contributed by atoms with E-state index in [2.05, 4.69) is 0 Å². The molecule has 2 N–H and O–H groups in total. The maximum absolute atomic E-state index is 11.1. The molecule has 0 spiro atoms. The Balaban J connectivity index is 2.95. The third kappa shape index (κ3) is 2.73. The molecule has 0 aliphatic heterocycles. The number of para-hydroxylation sites is 1. The fraction of sp³-hybridized carbons (Fsp3) is 0.462. The van der Waals surface area contributed by atoms with Gasteiger partial charge in [0, 0.05) is 12.1 Å². The van der Waals surface area contributed by atoms with Crippen molar-refractivity contribution in [2.24, 2.45) is 0 Å². The summed E-state index contributed by atoms with van der Waals surface area (Å²) in [6.07, 6.45) is 0. The van der Waals surface area contributed by atoms with Gasteiger partial charge >= 0.3 is 5.97 Å². The molecule has 1 aromatic carbocycles. The summed E-state index contributed by atoms with van der Waals surface area (Å²) in [7, 11) is 3.18. The van der Waals surface area contributed by atoms with Crippen LogP contribution in [0.2, 0.25) is 0 Å². The van der Waals surface area contributed by atoms with Gasteiger partial charge in [0.1, 0.15) is 5.54 Å². The number of rotatable bonds is 5. The van der Waals surface area contributed by atoms with Crippen LogP contribution in [0.1, 0.15) is 19.4 Å². The number of carboxylic acids is 1. The van der Waals surface area contributed by atoms with E-state index in [9.17, 15) is 9.90 Å². The third-order valence-corrected chi connectivity index (χ3v) is 3.19. The van der Waals surface area contributed by atoms with E-state index in [0.29, 0.717) is 17.9 Å². The largest absolute Gasteiger partial charge is 0.504 e. The minimum atomic E-state index is -1.00. The standard InChI is InChI=1S/C13H19NO4/c1-13(2,12(16)17)14(3)8-9-6-5-7-10(18-4)11(9)15/h5-7,15H,8H2,1-4H3,(H,16,17). The summed E-state index contributed by atoms with van der Waals surface area (Å²) in [5, 5.41) is 19.1. The minimum absolute atomic E-state index is 0.0491. The van der Waals surface area contributed by atoms with Crippen LogP contribution in [0, 0.1) is 0 Å². The highest BCUT2D eigenvalue weighted by Crippen LogP contribution is 2.31. The van der Waals surface area contributed by atoms with Crippen LogP contribution in [-0.2, 0) is 11.3 Å². The summed E-state index contributed by atoms with van der Waals surface area (Å²) < 4.78 is 5.02. The van der Waals surface area contributed by atoms with E-state index in [4.69, 9.17) is 9.84 Å². The average Bonchev–Trinajstić information content (AvgIpc) is 2.31. The molecular weight excluding hydrogens is 234 g/mol. The van der Waals surface area contributed by atoms with Gasteiger partial charge in [-0.3, -0.25) is 9.69 Å². The van der Waals surface area contributed by atoms with Gasteiger partial charge in [-0.2, -0.15) is 0 Å². The van der Waals surface area contributed by atoms with Crippen molar-refractivity contribution >= 4 is 5.97 Å². The lowest BCUT2D eigenvalue weighted by molar-refractivity contribution is -0.148. The van der Waals surface area contributed by atoms with Crippen LogP contribution in [0.15, 0.2) is 18.2 Å². The van der Waals surface area contributed by atoms with Crippen molar-refractivity contribution in [2.75, 3.05) is 14.2 Å². The number of carbonyl (C=O) groups is 1. The summed E-state index contributed by atoms with van der Waals surface area (Å²) in [6.45, 7) is 3.56. The third-order valence-electron chi connectivity index (χ3n) is 3.19. The van der Waals surface area contributed by atoms with Crippen molar-refractivity contribution in [2.45, 2.75) is 25.9 Å². The van der Waals surface area contributed by atoms with Crippen molar-refractivity contribution in [1.82, 2.24) is 4.90 Å². The number of benzene rings is 1. The lowest BCUT2D eigenvalue weighted by Crippen LogP contribution is -2.47. The summed E-state index contributed by atoms with van der Waals surface area (Å²) in [5.41, 5.74) is -0.374. The molecule has 0 aliphatic rings. The number of ether oxygens (including phenoxy) is 1. The zero-order valence-electron chi connectivity index (χ0n) is 11.1. The molecule has 0 heterocycles. The number of nitrogens with zero attached hydrogens (tertiary/aromatic N) is 1. The Hall–Kier alpha value is -1.75. The molecule has 1 rings (SSSR count). The lowest BCUT2D eigenvalue weighted by Gasteiger charge is -2.31. The Kier molecular flexibility index (Phi) is 4.19. The monoisotopic (exact) mass is 253 g/mol. The van der Waals surface area contributed by atoms with Gasteiger partial charge in [0.2, 0.25) is 0 Å². The van der Waals surface area contributed by atoms with Crippen LogP contribution in [0.3, 0.4) is 0 Å². The van der Waals surface area contributed by atoms with Gasteiger partial charge in [-0.15, -0.1) is 0 Å². The van der Waals surface area contributed by atoms with E-state index in [1.807, 2.05) is 0 Å². The van der Waals surface area contributed by atoms with Crippen LogP contribution in [0.5, 0.6) is 11.5 Å². The fourth-order valence-electron chi connectivity index (χ4n) is 1.48. The van der Waals surface area contributed by atoms with Crippen molar-refractivity contribution < 1.29 is 19.7 Å². The molecule has 0 bridgehead atoms. The Morgan fingerprint density at radius 1 is 1.44 bits per heavy atom. The van der Waals surface area contributed by atoms with E-state index in [0.717, 1.165) is 0 Å². The van der Waals surface area contributed by atoms with Crippen molar-refractivity contribution in [1.29, 1.82) is 0 Å². The summed E-state index contributed by atoms with van der Waals surface area (Å²) in [6, 6.07) is 5.16. The second-order valence-corrected chi connectivity index (χ2v) is 4.69. The van der Waals surface area contributed by atoms with E-state index in [1.165, 1.54) is 7.11 Å². The molecule has 0 aromatic heterocycles. The molecule has 100 valence electrons. The highest BCUT2D eigenvalue weighted by Gasteiger charge is 2.32. The Bertz CT molecular complexity index is 443. The molecule has 0 amide bonds. The minimum Gasteiger partial charge on any atom is -0.504 e. The number of methoxy groups -OCH3 is 1. The van der Waals surface area contributed by atoms with Crippen molar-refractivity contribution in [3.63, 3.8) is 0 Å². The molecule has 0 unspecified atom stereocenters. The van der Waals surface area contributed by atoms with Gasteiger partial charge in [-0.1, -0.05) is 12.1 Å². The first kappa shape index (κ1) is 14.3. The second-order valence-electron chi connectivity index (χ2n) is 4.69. The maximum Gasteiger partial charge on any atom is 0.323 e. The normalized spacial score (nSPS) is 11.6. The topological polar surface area (TPSA) is 70.0 Å². The molecule has 5 nitrogen and oxygen atoms in total. The number of aliphatic carboxylic acids is 1. The van der Waals surface area contributed by atoms with Gasteiger partial charge in [0.25, 0.3) is 0 Å². The van der Waals surface area contributed by atoms with Gasteiger partial charge in [-0.05, 0) is 27.0 Å². The molecule has 0 radical (unpaired) electrons. The Morgan fingerprint density at radius 3 is 2.56 bits per heavy atom. The van der Waals surface area contributed by atoms with Crippen LogP contribution in [-0.4, -0.2) is 40.8 Å². The van der Waals surface area contributed by atoms with E-state index < -0.39 is 11.5 Å². The predicted molar refractivity (Wildman–Crippen MR) is 67.8 cm³/mol. The number of carboxylic acid groups (broad SMARTS) is 1. The number of phenolic OH excluding ortho intramolecular Hbond substituents is 1. The summed E-state index contributed by atoms with van der Waals surface area (Å²) in [4.78, 5) is 12.8. The first-order chi connectivity index (χ1) is 8.30. The van der Waals surface area contributed by atoms with E-state index >= 15 is 0 Å². The summed E-state index contributed by atoms with van der Waals surface area (Å²) >= 11 is 0. The number of hydrogen-bond acceptors (Lipinski definition) is 4. The Morgan fingerprint density at radius 2 is 2.06 bits per heavy atom. The summed E-state index contributed by atoms with van der Waals surface area (Å²) in [5.74, 6) is -0.477. The molecule has 18 heavy (non-hydrogen) atoms.